The molecule has 1 aromatic heterocycles. The first-order chi connectivity index (χ1) is 18.9. The smallest absolute Gasteiger partial charge is 0.240 e. The third-order valence-electron chi connectivity index (χ3n) is 6.91. The number of thioether (sulfide) groups is 1. The van der Waals surface area contributed by atoms with Crippen molar-refractivity contribution in [2.24, 2.45) is 0 Å². The number of carbonyl (C=O) groups excluding carboxylic acids is 2. The molecule has 8 heteroatoms. The number of benzene rings is 3. The summed E-state index contributed by atoms with van der Waals surface area (Å²) < 4.78 is 15.7. The molecular formula is C31H31FN4O2S. The Labute approximate surface area is 232 Å². The molecule has 0 radical (unpaired) electrons. The molecule has 0 spiro atoms. The summed E-state index contributed by atoms with van der Waals surface area (Å²) in [5.74, 6) is -0.0167. The van der Waals surface area contributed by atoms with Gasteiger partial charge in [-0.2, -0.15) is 5.10 Å². The van der Waals surface area contributed by atoms with Gasteiger partial charge in [-0.3, -0.25) is 14.5 Å². The molecule has 1 aliphatic rings. The first-order valence-electron chi connectivity index (χ1n) is 13.1. The first-order valence-corrected chi connectivity index (χ1v) is 14.1. The third kappa shape index (κ3) is 5.61. The van der Waals surface area contributed by atoms with Crippen LogP contribution < -0.4 is 10.2 Å². The summed E-state index contributed by atoms with van der Waals surface area (Å²) in [5.41, 5.74) is 5.17. The maximum atomic E-state index is 13.9. The van der Waals surface area contributed by atoms with Crippen LogP contribution in [0, 0.1) is 12.7 Å². The van der Waals surface area contributed by atoms with E-state index >= 15 is 0 Å². The van der Waals surface area contributed by atoms with E-state index < -0.39 is 0 Å². The summed E-state index contributed by atoms with van der Waals surface area (Å²) in [5, 5.41) is 7.76. The van der Waals surface area contributed by atoms with E-state index in [0.717, 1.165) is 40.1 Å². The summed E-state index contributed by atoms with van der Waals surface area (Å²) in [4.78, 5) is 28.4. The van der Waals surface area contributed by atoms with Crippen molar-refractivity contribution >= 4 is 29.4 Å². The molecule has 0 fully saturated rings. The molecule has 1 N–H and O–H groups in total. The van der Waals surface area contributed by atoms with Gasteiger partial charge in [-0.25, -0.2) is 9.07 Å². The standard InChI is InChI=1S/C31H31FN4O2S/c1-4-21(3)33-26(37)18-35-27(38)19-39-30(23-12-14-24(32)15-13-23)28-29(22-8-6-5-7-9-22)34-36(31(28)35)25-16-10-20(2)11-17-25/h5-17,21,30H,4,18-19H2,1-3H3,(H,33,37). The number of nitrogens with zero attached hydrogens (tertiary/aromatic N) is 3. The van der Waals surface area contributed by atoms with Crippen molar-refractivity contribution in [3.05, 3.63) is 101 Å². The number of rotatable bonds is 7. The Morgan fingerprint density at radius 3 is 2.44 bits per heavy atom. The normalized spacial score (nSPS) is 15.9. The molecule has 0 saturated heterocycles. The topological polar surface area (TPSA) is 67.2 Å². The van der Waals surface area contributed by atoms with Crippen LogP contribution >= 0.6 is 11.8 Å². The van der Waals surface area contributed by atoms with Gasteiger partial charge in [0.1, 0.15) is 18.2 Å². The minimum atomic E-state index is -0.323. The van der Waals surface area contributed by atoms with Gasteiger partial charge in [0, 0.05) is 17.2 Å². The molecule has 0 bridgehead atoms. The number of nitrogens with one attached hydrogen (secondary N) is 1. The maximum absolute atomic E-state index is 13.9. The van der Waals surface area contributed by atoms with Gasteiger partial charge in [-0.1, -0.05) is 67.1 Å². The molecule has 2 unspecified atom stereocenters. The van der Waals surface area contributed by atoms with Crippen molar-refractivity contribution in [1.29, 1.82) is 0 Å². The summed E-state index contributed by atoms with van der Waals surface area (Å²) in [6.45, 7) is 5.83. The average molecular weight is 543 g/mol. The second-order valence-electron chi connectivity index (χ2n) is 9.80. The number of hydrogen-bond acceptors (Lipinski definition) is 4. The fourth-order valence-electron chi connectivity index (χ4n) is 4.66. The highest BCUT2D eigenvalue weighted by Gasteiger charge is 2.37. The minimum absolute atomic E-state index is 0.0118. The zero-order chi connectivity index (χ0) is 27.5. The van der Waals surface area contributed by atoms with Crippen molar-refractivity contribution in [3.8, 4) is 16.9 Å². The number of aryl methyl sites for hydroxylation is 1. The Hall–Kier alpha value is -3.91. The van der Waals surface area contributed by atoms with E-state index in [-0.39, 0.29) is 41.2 Å². The van der Waals surface area contributed by atoms with Gasteiger partial charge in [0.15, 0.2) is 0 Å². The Bertz CT molecular complexity index is 1470. The van der Waals surface area contributed by atoms with E-state index in [9.17, 15) is 14.0 Å². The second kappa shape index (κ2) is 11.5. The Balaban J connectivity index is 1.76. The lowest BCUT2D eigenvalue weighted by atomic mass is 9.99. The monoisotopic (exact) mass is 542 g/mol. The number of aromatic nitrogens is 2. The highest BCUT2D eigenvalue weighted by molar-refractivity contribution is 8.00. The molecule has 2 atom stereocenters. The van der Waals surface area contributed by atoms with Crippen molar-refractivity contribution < 1.29 is 14.0 Å². The van der Waals surface area contributed by atoms with Gasteiger partial charge in [-0.05, 0) is 50.1 Å². The number of halogens is 1. The summed E-state index contributed by atoms with van der Waals surface area (Å²) in [6, 6.07) is 24.1. The molecule has 6 nitrogen and oxygen atoms in total. The largest absolute Gasteiger partial charge is 0.352 e. The van der Waals surface area contributed by atoms with E-state index in [1.165, 1.54) is 23.9 Å². The zero-order valence-electron chi connectivity index (χ0n) is 22.2. The lowest BCUT2D eigenvalue weighted by molar-refractivity contribution is -0.123. The molecule has 39 heavy (non-hydrogen) atoms. The molecule has 2 heterocycles. The minimum Gasteiger partial charge on any atom is -0.352 e. The van der Waals surface area contributed by atoms with Crippen LogP contribution in [0.5, 0.6) is 0 Å². The van der Waals surface area contributed by atoms with Crippen LogP contribution in [0.3, 0.4) is 0 Å². The van der Waals surface area contributed by atoms with Gasteiger partial charge in [0.2, 0.25) is 11.8 Å². The quantitative estimate of drug-likeness (QED) is 0.308. The second-order valence-corrected chi connectivity index (χ2v) is 10.9. The number of carbonyl (C=O) groups is 2. The molecule has 4 aromatic rings. The predicted molar refractivity (Wildman–Crippen MR) is 155 cm³/mol. The molecule has 1 aliphatic heterocycles. The molecule has 2 amide bonds. The van der Waals surface area contributed by atoms with E-state index in [1.54, 1.807) is 21.7 Å². The average Bonchev–Trinajstić information content (AvgIpc) is 3.27. The lowest BCUT2D eigenvalue weighted by Gasteiger charge is -2.24. The molecule has 200 valence electrons. The van der Waals surface area contributed by atoms with E-state index in [1.807, 2.05) is 75.4 Å². The fraction of sp³-hybridized carbons (Fsp3) is 0.258. The number of amides is 2. The van der Waals surface area contributed by atoms with Crippen LogP contribution in [-0.2, 0) is 9.59 Å². The molecule has 0 saturated carbocycles. The van der Waals surface area contributed by atoms with Crippen LogP contribution in [-0.4, -0.2) is 39.9 Å². The van der Waals surface area contributed by atoms with Gasteiger partial charge in [0.05, 0.1) is 22.4 Å². The summed E-state index contributed by atoms with van der Waals surface area (Å²) in [7, 11) is 0. The number of anilines is 1. The van der Waals surface area contributed by atoms with Crippen LogP contribution in [0.25, 0.3) is 16.9 Å². The van der Waals surface area contributed by atoms with Crippen molar-refractivity contribution in [3.63, 3.8) is 0 Å². The highest BCUT2D eigenvalue weighted by Crippen LogP contribution is 2.48. The van der Waals surface area contributed by atoms with E-state index in [2.05, 4.69) is 5.32 Å². The van der Waals surface area contributed by atoms with Crippen LogP contribution in [0.4, 0.5) is 10.2 Å². The van der Waals surface area contributed by atoms with Gasteiger partial charge >= 0.3 is 0 Å². The van der Waals surface area contributed by atoms with Crippen molar-refractivity contribution in [2.75, 3.05) is 17.2 Å². The van der Waals surface area contributed by atoms with Crippen LogP contribution in [0.1, 0.15) is 42.2 Å². The first kappa shape index (κ1) is 26.7. The molecule has 0 aliphatic carbocycles. The third-order valence-corrected chi connectivity index (χ3v) is 8.16. The van der Waals surface area contributed by atoms with Crippen molar-refractivity contribution in [1.82, 2.24) is 15.1 Å². The summed E-state index contributed by atoms with van der Waals surface area (Å²) in [6.07, 6.45) is 0.785. The number of hydrogen-bond donors (Lipinski definition) is 1. The van der Waals surface area contributed by atoms with Crippen LogP contribution in [0.2, 0.25) is 0 Å². The zero-order valence-corrected chi connectivity index (χ0v) is 23.0. The van der Waals surface area contributed by atoms with Gasteiger partial charge in [-0.15, -0.1) is 11.8 Å². The Kier molecular flexibility index (Phi) is 7.84. The Morgan fingerprint density at radius 2 is 1.77 bits per heavy atom. The predicted octanol–water partition coefficient (Wildman–Crippen LogP) is 6.07. The number of fused-ring (bicyclic) bond motifs is 1. The van der Waals surface area contributed by atoms with Gasteiger partial charge in [0.25, 0.3) is 0 Å². The molecule has 5 rings (SSSR count). The Morgan fingerprint density at radius 1 is 1.08 bits per heavy atom. The van der Waals surface area contributed by atoms with Crippen molar-refractivity contribution in [2.45, 2.75) is 38.5 Å². The SMILES string of the molecule is CCC(C)NC(=O)CN1C(=O)CSC(c2ccc(F)cc2)c2c(-c3ccccc3)nn(-c3ccc(C)cc3)c21. The molecule has 3 aromatic carbocycles. The highest BCUT2D eigenvalue weighted by atomic mass is 32.2. The van der Waals surface area contributed by atoms with E-state index in [4.69, 9.17) is 5.10 Å². The fourth-order valence-corrected chi connectivity index (χ4v) is 5.86. The summed E-state index contributed by atoms with van der Waals surface area (Å²) >= 11 is 1.46. The maximum Gasteiger partial charge on any atom is 0.240 e. The molecular weight excluding hydrogens is 511 g/mol. The van der Waals surface area contributed by atoms with Gasteiger partial charge < -0.3 is 5.32 Å². The lowest BCUT2D eigenvalue weighted by Crippen LogP contribution is -2.44. The van der Waals surface area contributed by atoms with E-state index in [0.29, 0.717) is 5.82 Å². The van der Waals surface area contributed by atoms with Crippen LogP contribution in [0.15, 0.2) is 78.9 Å².